The molecule has 0 radical (unpaired) electrons. The van der Waals surface area contributed by atoms with E-state index in [1.807, 2.05) is 6.07 Å². The Balaban J connectivity index is 1.31. The van der Waals surface area contributed by atoms with Crippen LogP contribution < -0.4 is 4.90 Å². The van der Waals surface area contributed by atoms with E-state index in [9.17, 15) is 0 Å². The molecule has 0 aliphatic rings. The molecule has 0 amide bonds. The van der Waals surface area contributed by atoms with Crippen molar-refractivity contribution in [2.24, 2.45) is 0 Å². The molecule has 7 aromatic carbocycles. The van der Waals surface area contributed by atoms with E-state index in [-0.39, 0.29) is 5.41 Å². The van der Waals surface area contributed by atoms with Crippen LogP contribution in [-0.2, 0) is 5.41 Å². The average Bonchev–Trinajstić information content (AvgIpc) is 3.54. The van der Waals surface area contributed by atoms with Crippen molar-refractivity contribution in [1.29, 1.82) is 0 Å². The number of rotatable bonds is 6. The summed E-state index contributed by atoms with van der Waals surface area (Å²) in [6, 6.07) is 60.6. The maximum absolute atomic E-state index is 6.63. The van der Waals surface area contributed by atoms with Gasteiger partial charge < -0.3 is 9.32 Å². The van der Waals surface area contributed by atoms with Gasteiger partial charge in [0, 0.05) is 33.5 Å². The van der Waals surface area contributed by atoms with Crippen molar-refractivity contribution in [3.8, 4) is 33.6 Å². The van der Waals surface area contributed by atoms with E-state index in [0.717, 1.165) is 34.0 Å². The highest BCUT2D eigenvalue weighted by atomic mass is 16.3. The SMILES string of the molecule is CC(C)(C)c1c(-c2cccc(N(c3ccc(-c4cccc5ccccc45)cc3)c3ccccc3-c3ccccc3)c2)oc2ccccc12. The van der Waals surface area contributed by atoms with E-state index >= 15 is 0 Å². The van der Waals surface area contributed by atoms with Gasteiger partial charge in [-0.05, 0) is 69.3 Å². The third kappa shape index (κ3) is 5.36. The van der Waals surface area contributed by atoms with E-state index in [1.54, 1.807) is 0 Å². The third-order valence-electron chi connectivity index (χ3n) is 9.17. The van der Waals surface area contributed by atoms with Gasteiger partial charge in [0.1, 0.15) is 11.3 Å². The van der Waals surface area contributed by atoms with Crippen molar-refractivity contribution in [2.45, 2.75) is 26.2 Å². The lowest BCUT2D eigenvalue weighted by molar-refractivity contribution is 0.568. The molecule has 0 unspecified atom stereocenters. The molecule has 0 fully saturated rings. The molecule has 0 bridgehead atoms. The lowest BCUT2D eigenvalue weighted by atomic mass is 9.83. The summed E-state index contributed by atoms with van der Waals surface area (Å²) >= 11 is 0. The van der Waals surface area contributed by atoms with Crippen molar-refractivity contribution in [2.75, 3.05) is 4.90 Å². The Morgan fingerprint density at radius 1 is 0.458 bits per heavy atom. The van der Waals surface area contributed by atoms with Crippen molar-refractivity contribution in [1.82, 2.24) is 0 Å². The Kier molecular flexibility index (Phi) is 7.42. The Morgan fingerprint density at radius 3 is 1.88 bits per heavy atom. The zero-order valence-electron chi connectivity index (χ0n) is 27.5. The fraction of sp³-hybridized carbons (Fsp3) is 0.0870. The van der Waals surface area contributed by atoms with E-state index in [2.05, 4.69) is 189 Å². The largest absolute Gasteiger partial charge is 0.456 e. The van der Waals surface area contributed by atoms with Gasteiger partial charge in [-0.2, -0.15) is 0 Å². The summed E-state index contributed by atoms with van der Waals surface area (Å²) in [6.45, 7) is 6.78. The smallest absolute Gasteiger partial charge is 0.139 e. The highest BCUT2D eigenvalue weighted by molar-refractivity contribution is 5.97. The van der Waals surface area contributed by atoms with Gasteiger partial charge in [0.2, 0.25) is 0 Å². The molecule has 2 heteroatoms. The second-order valence-electron chi connectivity index (χ2n) is 13.4. The first-order chi connectivity index (χ1) is 23.5. The highest BCUT2D eigenvalue weighted by Crippen LogP contribution is 2.45. The number of fused-ring (bicyclic) bond motifs is 2. The van der Waals surface area contributed by atoms with Crippen LogP contribution in [-0.4, -0.2) is 0 Å². The topological polar surface area (TPSA) is 16.4 Å². The van der Waals surface area contributed by atoms with Crippen LogP contribution in [0.25, 0.3) is 55.3 Å². The van der Waals surface area contributed by atoms with Crippen molar-refractivity contribution in [3.05, 3.63) is 175 Å². The first-order valence-electron chi connectivity index (χ1n) is 16.6. The molecule has 1 heterocycles. The summed E-state index contributed by atoms with van der Waals surface area (Å²) in [6.07, 6.45) is 0. The maximum Gasteiger partial charge on any atom is 0.139 e. The molecule has 0 saturated carbocycles. The second-order valence-corrected chi connectivity index (χ2v) is 13.4. The molecule has 8 rings (SSSR count). The summed E-state index contributed by atoms with van der Waals surface area (Å²) in [4.78, 5) is 2.37. The second kappa shape index (κ2) is 12.1. The summed E-state index contributed by atoms with van der Waals surface area (Å²) < 4.78 is 6.63. The summed E-state index contributed by atoms with van der Waals surface area (Å²) in [5, 5.41) is 3.67. The van der Waals surface area contributed by atoms with Crippen LogP contribution >= 0.6 is 0 Å². The number of nitrogens with zero attached hydrogens (tertiary/aromatic N) is 1. The van der Waals surface area contributed by atoms with Gasteiger partial charge in [0.25, 0.3) is 0 Å². The van der Waals surface area contributed by atoms with Crippen molar-refractivity contribution in [3.63, 3.8) is 0 Å². The Morgan fingerprint density at radius 2 is 1.06 bits per heavy atom. The fourth-order valence-electron chi connectivity index (χ4n) is 7.00. The number of hydrogen-bond acceptors (Lipinski definition) is 2. The quantitative estimate of drug-likeness (QED) is 0.184. The van der Waals surface area contributed by atoms with Crippen LogP contribution in [0.4, 0.5) is 17.1 Å². The van der Waals surface area contributed by atoms with Gasteiger partial charge in [-0.15, -0.1) is 0 Å². The first kappa shape index (κ1) is 29.5. The average molecular weight is 620 g/mol. The van der Waals surface area contributed by atoms with Crippen LogP contribution in [0.1, 0.15) is 26.3 Å². The maximum atomic E-state index is 6.63. The normalized spacial score (nSPS) is 11.6. The molecule has 1 aromatic heterocycles. The Labute approximate surface area is 282 Å². The molecule has 2 nitrogen and oxygen atoms in total. The standard InChI is InChI=1S/C46H37NO/c1-46(2,3)44-41-23-10-12-26-43(41)48-45(44)35-19-13-20-37(31-35)47(42-25-11-9-22-40(42)33-15-5-4-6-16-33)36-29-27-34(28-30-36)39-24-14-18-32-17-7-8-21-38(32)39/h4-31H,1-3H3. The van der Waals surface area contributed by atoms with Crippen LogP contribution in [0, 0.1) is 0 Å². The molecule has 0 atom stereocenters. The van der Waals surface area contributed by atoms with E-state index in [0.29, 0.717) is 0 Å². The molecule has 8 aromatic rings. The Hall–Kier alpha value is -5.86. The van der Waals surface area contributed by atoms with Gasteiger partial charge in [0.15, 0.2) is 0 Å². The monoisotopic (exact) mass is 619 g/mol. The predicted octanol–water partition coefficient (Wildman–Crippen LogP) is 13.4. The summed E-state index contributed by atoms with van der Waals surface area (Å²) in [5.41, 5.74) is 11.1. The van der Waals surface area contributed by atoms with Gasteiger partial charge in [-0.1, -0.05) is 154 Å². The minimum atomic E-state index is -0.102. The first-order valence-corrected chi connectivity index (χ1v) is 16.6. The molecule has 0 N–H and O–H groups in total. The van der Waals surface area contributed by atoms with Gasteiger partial charge in [0.05, 0.1) is 5.69 Å². The van der Waals surface area contributed by atoms with Gasteiger partial charge in [-0.25, -0.2) is 0 Å². The van der Waals surface area contributed by atoms with E-state index in [1.165, 1.54) is 44.0 Å². The van der Waals surface area contributed by atoms with E-state index < -0.39 is 0 Å². The molecule has 0 spiro atoms. The lowest BCUT2D eigenvalue weighted by Crippen LogP contribution is -2.12. The minimum Gasteiger partial charge on any atom is -0.456 e. The molecule has 0 aliphatic heterocycles. The third-order valence-corrected chi connectivity index (χ3v) is 9.17. The highest BCUT2D eigenvalue weighted by Gasteiger charge is 2.27. The van der Waals surface area contributed by atoms with Crippen LogP contribution in [0.3, 0.4) is 0 Å². The zero-order valence-corrected chi connectivity index (χ0v) is 27.5. The predicted molar refractivity (Wildman–Crippen MR) is 203 cm³/mol. The lowest BCUT2D eigenvalue weighted by Gasteiger charge is -2.28. The number of anilines is 3. The number of para-hydroxylation sites is 2. The van der Waals surface area contributed by atoms with Gasteiger partial charge in [-0.3, -0.25) is 0 Å². The Bertz CT molecular complexity index is 2370. The van der Waals surface area contributed by atoms with Crippen LogP contribution in [0.2, 0.25) is 0 Å². The number of hydrogen-bond donors (Lipinski definition) is 0. The summed E-state index contributed by atoms with van der Waals surface area (Å²) in [5.74, 6) is 0.924. The van der Waals surface area contributed by atoms with Crippen LogP contribution in [0.15, 0.2) is 174 Å². The molecule has 0 aliphatic carbocycles. The summed E-state index contributed by atoms with van der Waals surface area (Å²) in [7, 11) is 0. The van der Waals surface area contributed by atoms with Gasteiger partial charge >= 0.3 is 0 Å². The minimum absolute atomic E-state index is 0.102. The molecular formula is C46H37NO. The molecule has 0 saturated heterocycles. The molecular weight excluding hydrogens is 583 g/mol. The molecule has 232 valence electrons. The van der Waals surface area contributed by atoms with Crippen molar-refractivity contribution >= 4 is 38.8 Å². The zero-order chi connectivity index (χ0) is 32.7. The van der Waals surface area contributed by atoms with E-state index in [4.69, 9.17) is 4.42 Å². The fourth-order valence-corrected chi connectivity index (χ4v) is 7.00. The molecule has 48 heavy (non-hydrogen) atoms. The number of furan rings is 1. The number of benzene rings is 7. The van der Waals surface area contributed by atoms with Crippen molar-refractivity contribution < 1.29 is 4.42 Å². The van der Waals surface area contributed by atoms with Crippen LogP contribution in [0.5, 0.6) is 0 Å².